The van der Waals surface area contributed by atoms with Crippen LogP contribution >= 0.6 is 0 Å². The molecular formula is C21H34O5. The first kappa shape index (κ1) is 19.8. The second-order valence-electron chi connectivity index (χ2n) is 9.00. The van der Waals surface area contributed by atoms with E-state index in [9.17, 15) is 4.79 Å². The molecule has 0 amide bonds. The molecule has 3 fully saturated rings. The molecule has 2 heterocycles. The van der Waals surface area contributed by atoms with Crippen molar-refractivity contribution in [1.82, 2.24) is 0 Å². The van der Waals surface area contributed by atoms with Crippen LogP contribution in [0.1, 0.15) is 60.3 Å². The fourth-order valence-electron chi connectivity index (χ4n) is 4.62. The molecule has 2 saturated heterocycles. The van der Waals surface area contributed by atoms with E-state index in [0.29, 0.717) is 12.3 Å². The second kappa shape index (κ2) is 7.25. The van der Waals surface area contributed by atoms with Gasteiger partial charge in [-0.2, -0.15) is 0 Å². The molecule has 0 radical (unpaired) electrons. The van der Waals surface area contributed by atoms with E-state index in [1.165, 1.54) is 5.57 Å². The summed E-state index contributed by atoms with van der Waals surface area (Å²) in [6, 6.07) is 0. The van der Waals surface area contributed by atoms with E-state index in [4.69, 9.17) is 18.9 Å². The van der Waals surface area contributed by atoms with Gasteiger partial charge in [-0.25, -0.2) is 0 Å². The molecule has 0 unspecified atom stereocenters. The summed E-state index contributed by atoms with van der Waals surface area (Å²) in [5.74, 6) is 0.237. The summed E-state index contributed by atoms with van der Waals surface area (Å²) in [7, 11) is 1.71. The molecule has 26 heavy (non-hydrogen) atoms. The Morgan fingerprint density at radius 1 is 1.35 bits per heavy atom. The third-order valence-electron chi connectivity index (χ3n) is 6.09. The van der Waals surface area contributed by atoms with Gasteiger partial charge in [-0.1, -0.05) is 25.5 Å². The summed E-state index contributed by atoms with van der Waals surface area (Å²) < 4.78 is 23.8. The molecule has 148 valence electrons. The van der Waals surface area contributed by atoms with E-state index < -0.39 is 0 Å². The van der Waals surface area contributed by atoms with Crippen LogP contribution in [0.5, 0.6) is 0 Å². The van der Waals surface area contributed by atoms with E-state index in [2.05, 4.69) is 26.8 Å². The lowest BCUT2D eigenvalue weighted by atomic mass is 9.68. The molecule has 6 atom stereocenters. The van der Waals surface area contributed by atoms with E-state index >= 15 is 0 Å². The Kier molecular flexibility index (Phi) is 5.53. The lowest BCUT2D eigenvalue weighted by Crippen LogP contribution is -2.55. The lowest BCUT2D eigenvalue weighted by molar-refractivity contribution is -0.172. The summed E-state index contributed by atoms with van der Waals surface area (Å²) in [4.78, 5) is 12.2. The van der Waals surface area contributed by atoms with Gasteiger partial charge in [-0.3, -0.25) is 4.79 Å². The summed E-state index contributed by atoms with van der Waals surface area (Å²) in [6.07, 6.45) is 5.00. The Labute approximate surface area is 157 Å². The summed E-state index contributed by atoms with van der Waals surface area (Å²) >= 11 is 0. The number of allylic oxidation sites excluding steroid dienone is 1. The maximum Gasteiger partial charge on any atom is 0.306 e. The lowest BCUT2D eigenvalue weighted by Gasteiger charge is -2.42. The van der Waals surface area contributed by atoms with E-state index in [0.717, 1.165) is 25.9 Å². The predicted octanol–water partition coefficient (Wildman–Crippen LogP) is 3.65. The zero-order valence-electron chi connectivity index (χ0n) is 17.0. The van der Waals surface area contributed by atoms with Gasteiger partial charge < -0.3 is 18.9 Å². The average molecular weight is 366 g/mol. The molecule has 1 spiro atoms. The van der Waals surface area contributed by atoms with Gasteiger partial charge in [0, 0.05) is 13.5 Å². The highest BCUT2D eigenvalue weighted by molar-refractivity contribution is 5.69. The number of carbonyl (C=O) groups is 1. The molecule has 2 aliphatic heterocycles. The summed E-state index contributed by atoms with van der Waals surface area (Å²) in [6.45, 7) is 11.2. The fraction of sp³-hybridized carbons (Fsp3) is 0.857. The average Bonchev–Trinajstić information content (AvgIpc) is 3.44. The first-order valence-corrected chi connectivity index (χ1v) is 9.89. The van der Waals surface area contributed by atoms with Gasteiger partial charge in [0.2, 0.25) is 0 Å². The number of carbonyl (C=O) groups excluding carboxylic acids is 1. The van der Waals surface area contributed by atoms with Crippen LogP contribution < -0.4 is 0 Å². The van der Waals surface area contributed by atoms with Crippen molar-refractivity contribution in [3.63, 3.8) is 0 Å². The highest BCUT2D eigenvalue weighted by Crippen LogP contribution is 2.59. The van der Waals surface area contributed by atoms with Crippen molar-refractivity contribution in [1.29, 1.82) is 0 Å². The van der Waals surface area contributed by atoms with Gasteiger partial charge in [0.05, 0.1) is 18.6 Å². The molecule has 0 aromatic carbocycles. The van der Waals surface area contributed by atoms with E-state index in [1.807, 2.05) is 13.8 Å². The van der Waals surface area contributed by atoms with Crippen molar-refractivity contribution < 1.29 is 23.7 Å². The van der Waals surface area contributed by atoms with Crippen LogP contribution in [-0.2, 0) is 23.7 Å². The zero-order chi connectivity index (χ0) is 19.1. The van der Waals surface area contributed by atoms with Crippen molar-refractivity contribution in [2.75, 3.05) is 13.7 Å². The molecular weight excluding hydrogens is 332 g/mol. The quantitative estimate of drug-likeness (QED) is 0.391. The Hall–Kier alpha value is -0.910. The van der Waals surface area contributed by atoms with E-state index in [-0.39, 0.29) is 41.4 Å². The largest absolute Gasteiger partial charge is 0.460 e. The van der Waals surface area contributed by atoms with Crippen LogP contribution in [0.25, 0.3) is 0 Å². The number of epoxide rings is 2. The van der Waals surface area contributed by atoms with E-state index in [1.54, 1.807) is 7.11 Å². The Morgan fingerprint density at radius 3 is 2.58 bits per heavy atom. The van der Waals surface area contributed by atoms with Crippen molar-refractivity contribution >= 4 is 5.97 Å². The molecule has 5 heteroatoms. The third-order valence-corrected chi connectivity index (χ3v) is 6.09. The minimum atomic E-state index is -0.285. The first-order valence-electron chi connectivity index (χ1n) is 9.89. The molecule has 3 rings (SSSR count). The second-order valence-corrected chi connectivity index (χ2v) is 9.00. The number of rotatable bonds is 7. The maximum atomic E-state index is 12.2. The van der Waals surface area contributed by atoms with Gasteiger partial charge in [0.1, 0.15) is 23.4 Å². The molecule has 0 bridgehead atoms. The number of methoxy groups -OCH3 is 1. The standard InChI is InChI=1S/C21H34O5/c1-13(2)7-8-16-20(5,26-16)19-18(23-6)15(9-10-21(19)12-24-21)25-17(22)11-14(3)4/h7,14-16,18-19H,8-12H2,1-6H3/t15-,16-,18-,19-,20+,21+/m1/s1. The van der Waals surface area contributed by atoms with Crippen LogP contribution in [0.3, 0.4) is 0 Å². The van der Waals surface area contributed by atoms with Crippen LogP contribution in [0.4, 0.5) is 0 Å². The van der Waals surface area contributed by atoms with Gasteiger partial charge >= 0.3 is 5.97 Å². The molecule has 0 aromatic rings. The number of ether oxygens (including phenoxy) is 4. The summed E-state index contributed by atoms with van der Waals surface area (Å²) in [5, 5.41) is 0. The highest BCUT2D eigenvalue weighted by atomic mass is 16.6. The van der Waals surface area contributed by atoms with Gasteiger partial charge in [-0.15, -0.1) is 0 Å². The predicted molar refractivity (Wildman–Crippen MR) is 98.9 cm³/mol. The van der Waals surface area contributed by atoms with Gasteiger partial charge in [0.15, 0.2) is 0 Å². The van der Waals surface area contributed by atoms with Crippen molar-refractivity contribution in [2.45, 2.75) is 89.8 Å². The van der Waals surface area contributed by atoms with Crippen molar-refractivity contribution in [2.24, 2.45) is 11.8 Å². The van der Waals surface area contributed by atoms with Crippen LogP contribution in [-0.4, -0.2) is 49.2 Å². The first-order chi connectivity index (χ1) is 12.2. The Balaban J connectivity index is 1.74. The van der Waals surface area contributed by atoms with Crippen LogP contribution in [0.15, 0.2) is 11.6 Å². The monoisotopic (exact) mass is 366 g/mol. The fourth-order valence-corrected chi connectivity index (χ4v) is 4.62. The molecule has 0 N–H and O–H groups in total. The molecule has 1 aliphatic carbocycles. The zero-order valence-corrected chi connectivity index (χ0v) is 17.0. The van der Waals surface area contributed by atoms with Crippen molar-refractivity contribution in [3.05, 3.63) is 11.6 Å². The summed E-state index contributed by atoms with van der Waals surface area (Å²) in [5.41, 5.74) is 0.843. The normalized spacial score (nSPS) is 41.2. The highest BCUT2D eigenvalue weighted by Gasteiger charge is 2.72. The number of esters is 1. The molecule has 3 aliphatic rings. The van der Waals surface area contributed by atoms with Crippen molar-refractivity contribution in [3.8, 4) is 0 Å². The van der Waals surface area contributed by atoms with Gasteiger partial charge in [-0.05, 0) is 46.0 Å². The minimum absolute atomic E-state index is 0.0844. The molecule has 1 saturated carbocycles. The number of hydrogen-bond donors (Lipinski definition) is 0. The topological polar surface area (TPSA) is 60.6 Å². The Bertz CT molecular complexity index is 561. The number of hydrogen-bond acceptors (Lipinski definition) is 5. The smallest absolute Gasteiger partial charge is 0.306 e. The van der Waals surface area contributed by atoms with Gasteiger partial charge in [0.25, 0.3) is 0 Å². The molecule has 5 nitrogen and oxygen atoms in total. The minimum Gasteiger partial charge on any atom is -0.460 e. The Morgan fingerprint density at radius 2 is 2.04 bits per heavy atom. The third kappa shape index (κ3) is 3.85. The SMILES string of the molecule is CO[C@@H]1[C@H](OC(=O)CC(C)C)CC[C@]2(CO2)[C@H]1[C@@]1(C)O[C@@H]1CC=C(C)C. The maximum absolute atomic E-state index is 12.2. The van der Waals surface area contributed by atoms with Crippen LogP contribution in [0.2, 0.25) is 0 Å². The molecule has 0 aromatic heterocycles. The van der Waals surface area contributed by atoms with Crippen LogP contribution in [0, 0.1) is 11.8 Å².